The molecule has 0 radical (unpaired) electrons. The molecule has 28 heavy (non-hydrogen) atoms. The minimum atomic E-state index is 0.529. The smallest absolute Gasteiger partial charge is 0.228 e. The van der Waals surface area contributed by atoms with Gasteiger partial charge in [-0.25, -0.2) is 0 Å². The summed E-state index contributed by atoms with van der Waals surface area (Å²) in [5.74, 6) is 1.99. The molecule has 1 fully saturated rings. The van der Waals surface area contributed by atoms with Crippen molar-refractivity contribution in [3.05, 3.63) is 77.6 Å². The molecular formula is C24H30N4. The number of aromatic nitrogens is 3. The number of anilines is 1. The van der Waals surface area contributed by atoms with Crippen LogP contribution in [0, 0.1) is 6.92 Å². The van der Waals surface area contributed by atoms with Crippen LogP contribution in [0.4, 0.5) is 5.95 Å². The molecule has 2 aromatic carbocycles. The summed E-state index contributed by atoms with van der Waals surface area (Å²) < 4.78 is 2.28. The van der Waals surface area contributed by atoms with Gasteiger partial charge >= 0.3 is 0 Å². The van der Waals surface area contributed by atoms with Gasteiger partial charge in [-0.2, -0.15) is 0 Å². The molecule has 0 amide bonds. The standard InChI is InChI=1S/C24H30N4/c1-20-25-26-24(27(20)18-21-12-6-4-7-13-21)28(19-22-14-8-5-9-15-22)23-16-10-2-3-11-17-23/h4-9,12-15,23H,2-3,10-11,16-19H2,1H3. The van der Waals surface area contributed by atoms with E-state index in [1.165, 1.54) is 49.7 Å². The summed E-state index contributed by atoms with van der Waals surface area (Å²) >= 11 is 0. The van der Waals surface area contributed by atoms with Gasteiger partial charge in [-0.1, -0.05) is 86.3 Å². The molecule has 4 heteroatoms. The van der Waals surface area contributed by atoms with Crippen LogP contribution in [0.25, 0.3) is 0 Å². The first kappa shape index (κ1) is 18.7. The lowest BCUT2D eigenvalue weighted by Crippen LogP contribution is -2.36. The van der Waals surface area contributed by atoms with Gasteiger partial charge in [0, 0.05) is 12.6 Å². The SMILES string of the molecule is Cc1nnc(N(Cc2ccccc2)C2CCCCCC2)n1Cc1ccccc1. The van der Waals surface area contributed by atoms with Crippen LogP contribution >= 0.6 is 0 Å². The Hall–Kier alpha value is -2.62. The molecule has 1 aliphatic carbocycles. The highest BCUT2D eigenvalue weighted by molar-refractivity contribution is 5.36. The number of rotatable bonds is 6. The quantitative estimate of drug-likeness (QED) is 0.544. The number of aryl methyl sites for hydroxylation is 1. The molecule has 1 aliphatic rings. The fourth-order valence-corrected chi connectivity index (χ4v) is 4.25. The minimum absolute atomic E-state index is 0.529. The molecule has 0 bridgehead atoms. The summed E-state index contributed by atoms with van der Waals surface area (Å²) in [4.78, 5) is 2.52. The Labute approximate surface area is 168 Å². The van der Waals surface area contributed by atoms with Crippen LogP contribution in [0.1, 0.15) is 55.5 Å². The molecule has 0 spiro atoms. The van der Waals surface area contributed by atoms with Crippen molar-refractivity contribution >= 4 is 5.95 Å². The van der Waals surface area contributed by atoms with E-state index in [0.717, 1.165) is 24.9 Å². The van der Waals surface area contributed by atoms with E-state index in [1.807, 2.05) is 0 Å². The molecule has 0 atom stereocenters. The van der Waals surface area contributed by atoms with Crippen LogP contribution in [0.3, 0.4) is 0 Å². The summed E-state index contributed by atoms with van der Waals surface area (Å²) in [6.07, 6.45) is 7.80. The highest BCUT2D eigenvalue weighted by atomic mass is 15.4. The first-order valence-electron chi connectivity index (χ1n) is 10.6. The van der Waals surface area contributed by atoms with Crippen LogP contribution in [-0.2, 0) is 13.1 Å². The molecule has 1 saturated carbocycles. The molecule has 4 rings (SSSR count). The number of hydrogen-bond donors (Lipinski definition) is 0. The Bertz CT molecular complexity index is 849. The first-order chi connectivity index (χ1) is 13.8. The maximum absolute atomic E-state index is 4.65. The second kappa shape index (κ2) is 9.05. The maximum Gasteiger partial charge on any atom is 0.228 e. The Morgan fingerprint density at radius 1 is 0.821 bits per heavy atom. The van der Waals surface area contributed by atoms with Crippen LogP contribution in [0.5, 0.6) is 0 Å². The summed E-state index contributed by atoms with van der Waals surface area (Å²) in [6, 6.07) is 21.9. The molecule has 1 aromatic heterocycles. The molecule has 0 unspecified atom stereocenters. The van der Waals surface area contributed by atoms with Crippen LogP contribution < -0.4 is 4.90 Å². The lowest BCUT2D eigenvalue weighted by molar-refractivity contribution is 0.505. The van der Waals surface area contributed by atoms with Gasteiger partial charge in [0.25, 0.3) is 0 Å². The molecule has 146 valence electrons. The van der Waals surface area contributed by atoms with Crippen LogP contribution in [-0.4, -0.2) is 20.8 Å². The highest BCUT2D eigenvalue weighted by Crippen LogP contribution is 2.28. The van der Waals surface area contributed by atoms with Gasteiger partial charge in [-0.05, 0) is 30.9 Å². The Morgan fingerprint density at radius 3 is 2.07 bits per heavy atom. The zero-order valence-electron chi connectivity index (χ0n) is 16.8. The van der Waals surface area contributed by atoms with E-state index < -0.39 is 0 Å². The third kappa shape index (κ3) is 4.44. The van der Waals surface area contributed by atoms with E-state index >= 15 is 0 Å². The lowest BCUT2D eigenvalue weighted by Gasteiger charge is -2.32. The average molecular weight is 375 g/mol. The lowest BCUT2D eigenvalue weighted by atomic mass is 10.1. The van der Waals surface area contributed by atoms with Crippen LogP contribution in [0.15, 0.2) is 60.7 Å². The molecule has 3 aromatic rings. The second-order valence-corrected chi connectivity index (χ2v) is 7.88. The third-order valence-corrected chi connectivity index (χ3v) is 5.82. The van der Waals surface area contributed by atoms with Crippen molar-refractivity contribution in [3.8, 4) is 0 Å². The van der Waals surface area contributed by atoms with Gasteiger partial charge in [-0.15, -0.1) is 10.2 Å². The van der Waals surface area contributed by atoms with Gasteiger partial charge in [0.1, 0.15) is 5.82 Å². The molecular weight excluding hydrogens is 344 g/mol. The number of nitrogens with zero attached hydrogens (tertiary/aromatic N) is 4. The normalized spacial score (nSPS) is 15.3. The van der Waals surface area contributed by atoms with E-state index in [4.69, 9.17) is 0 Å². The van der Waals surface area contributed by atoms with Crippen molar-refractivity contribution in [2.75, 3.05) is 4.90 Å². The van der Waals surface area contributed by atoms with E-state index in [1.54, 1.807) is 0 Å². The maximum atomic E-state index is 4.65. The zero-order chi connectivity index (χ0) is 19.2. The molecule has 0 saturated heterocycles. The Kier molecular flexibility index (Phi) is 6.05. The van der Waals surface area contributed by atoms with Crippen LogP contribution in [0.2, 0.25) is 0 Å². The van der Waals surface area contributed by atoms with Crippen molar-refractivity contribution in [3.63, 3.8) is 0 Å². The second-order valence-electron chi connectivity index (χ2n) is 7.88. The fourth-order valence-electron chi connectivity index (χ4n) is 4.25. The predicted molar refractivity (Wildman–Crippen MR) is 114 cm³/mol. The topological polar surface area (TPSA) is 34.0 Å². The molecule has 1 heterocycles. The predicted octanol–water partition coefficient (Wildman–Crippen LogP) is 5.36. The van der Waals surface area contributed by atoms with E-state index in [0.29, 0.717) is 6.04 Å². The van der Waals surface area contributed by atoms with Crippen molar-refractivity contribution in [2.45, 2.75) is 64.6 Å². The summed E-state index contributed by atoms with van der Waals surface area (Å²) in [7, 11) is 0. The monoisotopic (exact) mass is 374 g/mol. The number of benzene rings is 2. The molecule has 0 N–H and O–H groups in total. The van der Waals surface area contributed by atoms with Gasteiger partial charge in [0.15, 0.2) is 0 Å². The van der Waals surface area contributed by atoms with Gasteiger partial charge in [0.2, 0.25) is 5.95 Å². The first-order valence-corrected chi connectivity index (χ1v) is 10.6. The summed E-state index contributed by atoms with van der Waals surface area (Å²) in [5.41, 5.74) is 2.62. The largest absolute Gasteiger partial charge is 0.334 e. The van der Waals surface area contributed by atoms with E-state index in [-0.39, 0.29) is 0 Å². The highest BCUT2D eigenvalue weighted by Gasteiger charge is 2.25. The zero-order valence-corrected chi connectivity index (χ0v) is 16.8. The summed E-state index contributed by atoms with van der Waals surface area (Å²) in [5, 5.41) is 9.12. The summed E-state index contributed by atoms with van der Waals surface area (Å²) in [6.45, 7) is 3.76. The molecule has 4 nitrogen and oxygen atoms in total. The van der Waals surface area contributed by atoms with Crippen molar-refractivity contribution < 1.29 is 0 Å². The minimum Gasteiger partial charge on any atom is -0.334 e. The Morgan fingerprint density at radius 2 is 1.43 bits per heavy atom. The number of hydrogen-bond acceptors (Lipinski definition) is 3. The average Bonchev–Trinajstić information content (AvgIpc) is 2.93. The van der Waals surface area contributed by atoms with Crippen molar-refractivity contribution in [2.24, 2.45) is 0 Å². The third-order valence-electron chi connectivity index (χ3n) is 5.82. The van der Waals surface area contributed by atoms with Crippen molar-refractivity contribution in [1.29, 1.82) is 0 Å². The fraction of sp³-hybridized carbons (Fsp3) is 0.417. The van der Waals surface area contributed by atoms with E-state index in [9.17, 15) is 0 Å². The van der Waals surface area contributed by atoms with Gasteiger partial charge in [-0.3, -0.25) is 4.57 Å². The van der Waals surface area contributed by atoms with Crippen molar-refractivity contribution in [1.82, 2.24) is 14.8 Å². The Balaban J connectivity index is 1.67. The van der Waals surface area contributed by atoms with E-state index in [2.05, 4.69) is 87.3 Å². The van der Waals surface area contributed by atoms with Gasteiger partial charge < -0.3 is 4.90 Å². The van der Waals surface area contributed by atoms with Gasteiger partial charge in [0.05, 0.1) is 6.54 Å². The molecule has 0 aliphatic heterocycles.